The Morgan fingerprint density at radius 2 is 2.18 bits per heavy atom. The van der Waals surface area contributed by atoms with E-state index < -0.39 is 0 Å². The van der Waals surface area contributed by atoms with Crippen molar-refractivity contribution in [3.05, 3.63) is 30.0 Å². The second-order valence-corrected chi connectivity index (χ2v) is 7.27. The van der Waals surface area contributed by atoms with Gasteiger partial charge in [0.25, 0.3) is 0 Å². The van der Waals surface area contributed by atoms with Gasteiger partial charge >= 0.3 is 0 Å². The molecule has 2 aromatic rings. The molecule has 2 aliphatic rings. The minimum Gasteiger partial charge on any atom is -0.467 e. The Kier molecular flexibility index (Phi) is 3.78. The Hall–Kier alpha value is -1.56. The van der Waals surface area contributed by atoms with E-state index >= 15 is 0 Å². The van der Waals surface area contributed by atoms with Crippen molar-refractivity contribution in [3.63, 3.8) is 0 Å². The summed E-state index contributed by atoms with van der Waals surface area (Å²) in [6, 6.07) is 3.87. The van der Waals surface area contributed by atoms with Gasteiger partial charge in [0.2, 0.25) is 0 Å². The topological polar surface area (TPSA) is 60.9 Å². The van der Waals surface area contributed by atoms with Crippen molar-refractivity contribution in [2.75, 3.05) is 0 Å². The number of furan rings is 1. The van der Waals surface area contributed by atoms with Gasteiger partial charge in [-0.05, 0) is 37.8 Å². The molecular weight excluding hydrogens is 298 g/mol. The number of nitrogens with zero attached hydrogens (tertiary/aromatic N) is 3. The zero-order valence-corrected chi connectivity index (χ0v) is 13.2. The summed E-state index contributed by atoms with van der Waals surface area (Å²) in [6.07, 6.45) is 7.88. The van der Waals surface area contributed by atoms with Gasteiger partial charge in [-0.25, -0.2) is 0 Å². The van der Waals surface area contributed by atoms with E-state index in [0.29, 0.717) is 24.7 Å². The zero-order chi connectivity index (χ0) is 14.9. The Balaban J connectivity index is 1.59. The Morgan fingerprint density at radius 1 is 1.27 bits per heavy atom. The SMILES string of the molecule is O=C1CCCCC1Sc1nnc(C2CC2)n1Cc1ccco1. The van der Waals surface area contributed by atoms with E-state index in [-0.39, 0.29) is 5.25 Å². The highest BCUT2D eigenvalue weighted by atomic mass is 32.2. The Labute approximate surface area is 133 Å². The highest BCUT2D eigenvalue weighted by molar-refractivity contribution is 8.00. The van der Waals surface area contributed by atoms with Gasteiger partial charge in [0.05, 0.1) is 18.1 Å². The minimum absolute atomic E-state index is 0.0420. The third kappa shape index (κ3) is 2.84. The zero-order valence-electron chi connectivity index (χ0n) is 12.4. The first-order chi connectivity index (χ1) is 10.8. The highest BCUT2D eigenvalue weighted by Crippen LogP contribution is 2.41. The number of rotatable bonds is 5. The van der Waals surface area contributed by atoms with Crippen molar-refractivity contribution in [2.24, 2.45) is 0 Å². The van der Waals surface area contributed by atoms with Crippen LogP contribution in [0.25, 0.3) is 0 Å². The summed E-state index contributed by atoms with van der Waals surface area (Å²) in [7, 11) is 0. The van der Waals surface area contributed by atoms with Crippen molar-refractivity contribution < 1.29 is 9.21 Å². The van der Waals surface area contributed by atoms with E-state index in [4.69, 9.17) is 4.42 Å². The first-order valence-electron chi connectivity index (χ1n) is 7.96. The molecule has 0 bridgehead atoms. The molecule has 0 amide bonds. The lowest BCUT2D eigenvalue weighted by atomic mass is 9.99. The molecule has 0 aliphatic heterocycles. The predicted molar refractivity (Wildman–Crippen MR) is 82.9 cm³/mol. The van der Waals surface area contributed by atoms with Crippen LogP contribution in [0.4, 0.5) is 0 Å². The third-order valence-corrected chi connectivity index (χ3v) is 5.62. The molecule has 0 spiro atoms. The fourth-order valence-electron chi connectivity index (χ4n) is 2.94. The quantitative estimate of drug-likeness (QED) is 0.846. The lowest BCUT2D eigenvalue weighted by Gasteiger charge is -2.19. The summed E-state index contributed by atoms with van der Waals surface area (Å²) in [5.74, 6) is 2.83. The van der Waals surface area contributed by atoms with Gasteiger partial charge in [-0.15, -0.1) is 10.2 Å². The number of carbonyl (C=O) groups excluding carboxylic acids is 1. The van der Waals surface area contributed by atoms with E-state index in [2.05, 4.69) is 14.8 Å². The van der Waals surface area contributed by atoms with Gasteiger partial charge < -0.3 is 4.42 Å². The van der Waals surface area contributed by atoms with Crippen molar-refractivity contribution in [2.45, 2.75) is 61.4 Å². The van der Waals surface area contributed by atoms with Crippen LogP contribution in [0, 0.1) is 0 Å². The number of aromatic nitrogens is 3. The molecule has 4 rings (SSSR count). The normalized spacial score (nSPS) is 22.2. The molecule has 2 aromatic heterocycles. The minimum atomic E-state index is 0.0420. The average Bonchev–Trinajstić information content (AvgIpc) is 3.09. The molecule has 5 nitrogen and oxygen atoms in total. The Morgan fingerprint density at radius 3 is 2.91 bits per heavy atom. The van der Waals surface area contributed by atoms with Crippen LogP contribution in [0.1, 0.15) is 56.0 Å². The molecule has 2 fully saturated rings. The van der Waals surface area contributed by atoms with Gasteiger partial charge in [0, 0.05) is 12.3 Å². The van der Waals surface area contributed by atoms with E-state index in [1.165, 1.54) is 12.8 Å². The van der Waals surface area contributed by atoms with E-state index in [1.54, 1.807) is 18.0 Å². The second kappa shape index (κ2) is 5.91. The molecule has 6 heteroatoms. The standard InChI is InChI=1S/C16H19N3O2S/c20-13-5-1-2-6-14(13)22-16-18-17-15(11-7-8-11)19(16)10-12-4-3-9-21-12/h3-4,9,11,14H,1-2,5-8,10H2. The molecule has 1 unspecified atom stereocenters. The maximum Gasteiger partial charge on any atom is 0.192 e. The van der Waals surface area contributed by atoms with Crippen LogP contribution in [0.15, 0.2) is 28.0 Å². The molecule has 22 heavy (non-hydrogen) atoms. The van der Waals surface area contributed by atoms with Crippen molar-refractivity contribution in [1.82, 2.24) is 14.8 Å². The van der Waals surface area contributed by atoms with Gasteiger partial charge in [0.15, 0.2) is 5.16 Å². The molecular formula is C16H19N3O2S. The number of Topliss-reactive ketones (excluding diaryl/α,β-unsaturated/α-hetero) is 1. The largest absolute Gasteiger partial charge is 0.467 e. The molecule has 0 aromatic carbocycles. The summed E-state index contributed by atoms with van der Waals surface area (Å²) >= 11 is 1.59. The van der Waals surface area contributed by atoms with Crippen LogP contribution in [-0.4, -0.2) is 25.8 Å². The highest BCUT2D eigenvalue weighted by Gasteiger charge is 2.32. The molecule has 2 aliphatic carbocycles. The molecule has 116 valence electrons. The Bertz CT molecular complexity index is 661. The summed E-state index contributed by atoms with van der Waals surface area (Å²) in [6.45, 7) is 0.648. The van der Waals surface area contributed by atoms with Crippen LogP contribution >= 0.6 is 11.8 Å². The summed E-state index contributed by atoms with van der Waals surface area (Å²) in [5.41, 5.74) is 0. The summed E-state index contributed by atoms with van der Waals surface area (Å²) in [5, 5.41) is 9.66. The predicted octanol–water partition coefficient (Wildman–Crippen LogP) is 3.40. The monoisotopic (exact) mass is 317 g/mol. The number of carbonyl (C=O) groups is 1. The number of hydrogen-bond acceptors (Lipinski definition) is 5. The first kappa shape index (κ1) is 14.1. The fraction of sp³-hybridized carbons (Fsp3) is 0.562. The van der Waals surface area contributed by atoms with E-state index in [1.807, 2.05) is 12.1 Å². The maximum absolute atomic E-state index is 12.1. The molecule has 2 heterocycles. The van der Waals surface area contributed by atoms with Gasteiger partial charge in [-0.2, -0.15) is 0 Å². The first-order valence-corrected chi connectivity index (χ1v) is 8.84. The second-order valence-electron chi connectivity index (χ2n) is 6.10. The van der Waals surface area contributed by atoms with Crippen LogP contribution in [-0.2, 0) is 11.3 Å². The average molecular weight is 317 g/mol. The van der Waals surface area contributed by atoms with Gasteiger partial charge in [-0.1, -0.05) is 18.2 Å². The van der Waals surface area contributed by atoms with Crippen molar-refractivity contribution >= 4 is 17.5 Å². The molecule has 1 atom stereocenters. The fourth-order valence-corrected chi connectivity index (χ4v) is 4.10. The maximum atomic E-state index is 12.1. The van der Waals surface area contributed by atoms with Crippen LogP contribution < -0.4 is 0 Å². The molecule has 0 radical (unpaired) electrons. The number of hydrogen-bond donors (Lipinski definition) is 0. The van der Waals surface area contributed by atoms with Crippen molar-refractivity contribution in [3.8, 4) is 0 Å². The van der Waals surface area contributed by atoms with Gasteiger partial charge in [0.1, 0.15) is 17.4 Å². The summed E-state index contributed by atoms with van der Waals surface area (Å²) in [4.78, 5) is 12.1. The molecule has 2 saturated carbocycles. The van der Waals surface area contributed by atoms with E-state index in [9.17, 15) is 4.79 Å². The summed E-state index contributed by atoms with van der Waals surface area (Å²) < 4.78 is 7.62. The molecule has 0 N–H and O–H groups in total. The lowest BCUT2D eigenvalue weighted by molar-refractivity contribution is -0.119. The number of thioether (sulfide) groups is 1. The lowest BCUT2D eigenvalue weighted by Crippen LogP contribution is -2.22. The van der Waals surface area contributed by atoms with Crippen molar-refractivity contribution in [1.29, 1.82) is 0 Å². The van der Waals surface area contributed by atoms with E-state index in [0.717, 1.165) is 36.0 Å². The van der Waals surface area contributed by atoms with Crippen LogP contribution in [0.5, 0.6) is 0 Å². The molecule has 0 saturated heterocycles. The number of ketones is 1. The smallest absolute Gasteiger partial charge is 0.192 e. The van der Waals surface area contributed by atoms with Crippen LogP contribution in [0.3, 0.4) is 0 Å². The van der Waals surface area contributed by atoms with Gasteiger partial charge in [-0.3, -0.25) is 9.36 Å². The van der Waals surface area contributed by atoms with Crippen LogP contribution in [0.2, 0.25) is 0 Å². The third-order valence-electron chi connectivity index (χ3n) is 4.33.